The lowest BCUT2D eigenvalue weighted by Gasteiger charge is -2.25. The Hall–Kier alpha value is -3.54. The van der Waals surface area contributed by atoms with E-state index in [9.17, 15) is 9.59 Å². The standard InChI is InChI=1S/C27H28O6/c1-30-24-10-8-16-12-18(24)6-5-7-19-13-17(9-11-25(19)31-2)21-15-23(27(29)33-4)22(14-20(16)21)26(28)32-3/h8-13H,5-7,14-15H2,1-4H3. The molecule has 2 aromatic rings. The number of benzene rings is 2. The van der Waals surface area contributed by atoms with Gasteiger partial charge in [0.2, 0.25) is 0 Å². The number of methoxy groups -OCH3 is 4. The monoisotopic (exact) mass is 448 g/mol. The van der Waals surface area contributed by atoms with E-state index in [0.717, 1.165) is 64.2 Å². The second kappa shape index (κ2) is 9.53. The normalized spacial score (nSPS) is 15.3. The minimum atomic E-state index is -0.513. The molecule has 172 valence electrons. The number of hydrogen-bond acceptors (Lipinski definition) is 6. The van der Waals surface area contributed by atoms with Crippen molar-refractivity contribution >= 4 is 23.1 Å². The number of hydrogen-bond donors (Lipinski definition) is 0. The average Bonchev–Trinajstić information content (AvgIpc) is 2.87. The molecular weight excluding hydrogens is 420 g/mol. The quantitative estimate of drug-likeness (QED) is 0.640. The average molecular weight is 449 g/mol. The van der Waals surface area contributed by atoms with Crippen molar-refractivity contribution in [2.75, 3.05) is 28.4 Å². The van der Waals surface area contributed by atoms with Crippen LogP contribution < -0.4 is 9.47 Å². The topological polar surface area (TPSA) is 71.1 Å². The van der Waals surface area contributed by atoms with Crippen LogP contribution in [0, 0.1) is 0 Å². The number of allylic oxidation sites excluding steroid dienone is 2. The van der Waals surface area contributed by atoms with Gasteiger partial charge in [-0.1, -0.05) is 12.1 Å². The Bertz CT molecular complexity index is 1080. The number of aryl methyl sites for hydroxylation is 2. The van der Waals surface area contributed by atoms with Gasteiger partial charge in [-0.25, -0.2) is 9.59 Å². The molecule has 0 fully saturated rings. The molecule has 0 heterocycles. The maximum atomic E-state index is 12.6. The molecule has 6 heteroatoms. The summed E-state index contributed by atoms with van der Waals surface area (Å²) in [4.78, 5) is 25.3. The highest BCUT2D eigenvalue weighted by atomic mass is 16.5. The molecule has 0 unspecified atom stereocenters. The van der Waals surface area contributed by atoms with Crippen molar-refractivity contribution in [3.63, 3.8) is 0 Å². The summed E-state index contributed by atoms with van der Waals surface area (Å²) < 4.78 is 21.2. The van der Waals surface area contributed by atoms with Gasteiger partial charge < -0.3 is 18.9 Å². The van der Waals surface area contributed by atoms with E-state index in [-0.39, 0.29) is 12.8 Å². The molecule has 2 aromatic carbocycles. The first-order chi connectivity index (χ1) is 16.0. The van der Waals surface area contributed by atoms with Crippen molar-refractivity contribution in [2.24, 2.45) is 0 Å². The van der Waals surface area contributed by atoms with E-state index in [1.54, 1.807) is 14.2 Å². The molecular formula is C27H28O6. The van der Waals surface area contributed by atoms with Crippen LogP contribution in [0.15, 0.2) is 47.5 Å². The second-order valence-electron chi connectivity index (χ2n) is 8.16. The van der Waals surface area contributed by atoms with Gasteiger partial charge >= 0.3 is 11.9 Å². The predicted molar refractivity (Wildman–Crippen MR) is 125 cm³/mol. The third-order valence-electron chi connectivity index (χ3n) is 6.45. The van der Waals surface area contributed by atoms with Gasteiger partial charge in [0.25, 0.3) is 0 Å². The first-order valence-corrected chi connectivity index (χ1v) is 11.0. The first-order valence-electron chi connectivity index (χ1n) is 11.0. The fraction of sp³-hybridized carbons (Fsp3) is 0.333. The molecule has 33 heavy (non-hydrogen) atoms. The van der Waals surface area contributed by atoms with Gasteiger partial charge in [0.05, 0.1) is 39.6 Å². The van der Waals surface area contributed by atoms with Gasteiger partial charge in [0.1, 0.15) is 11.5 Å². The van der Waals surface area contributed by atoms with Crippen LogP contribution >= 0.6 is 0 Å². The van der Waals surface area contributed by atoms with Gasteiger partial charge in [0, 0.05) is 12.8 Å². The van der Waals surface area contributed by atoms with E-state index in [1.165, 1.54) is 14.2 Å². The summed E-state index contributed by atoms with van der Waals surface area (Å²) in [5.41, 5.74) is 6.88. The fourth-order valence-electron chi connectivity index (χ4n) is 4.76. The number of fused-ring (bicyclic) bond motifs is 6. The molecule has 0 N–H and O–H groups in total. The van der Waals surface area contributed by atoms with E-state index in [1.807, 2.05) is 24.3 Å². The van der Waals surface area contributed by atoms with Crippen molar-refractivity contribution in [1.29, 1.82) is 0 Å². The molecule has 0 aliphatic heterocycles. The van der Waals surface area contributed by atoms with E-state index < -0.39 is 11.9 Å². The van der Waals surface area contributed by atoms with Crippen LogP contribution in [-0.4, -0.2) is 40.4 Å². The summed E-state index contributed by atoms with van der Waals surface area (Å²) >= 11 is 0. The summed E-state index contributed by atoms with van der Waals surface area (Å²) in [7, 11) is 6.00. The van der Waals surface area contributed by atoms with Crippen molar-refractivity contribution in [3.8, 4) is 11.5 Å². The van der Waals surface area contributed by atoms with Gasteiger partial charge in [-0.3, -0.25) is 0 Å². The maximum Gasteiger partial charge on any atom is 0.334 e. The van der Waals surface area contributed by atoms with Crippen molar-refractivity contribution < 1.29 is 28.5 Å². The molecule has 2 aliphatic rings. The van der Waals surface area contributed by atoms with E-state index in [2.05, 4.69) is 12.1 Å². The van der Waals surface area contributed by atoms with Crippen LogP contribution in [0.3, 0.4) is 0 Å². The Balaban J connectivity index is 1.96. The molecule has 0 amide bonds. The number of carbonyl (C=O) groups is 2. The molecule has 2 aliphatic carbocycles. The van der Waals surface area contributed by atoms with Crippen LogP contribution in [0.5, 0.6) is 11.5 Å². The summed E-state index contributed by atoms with van der Waals surface area (Å²) in [6.45, 7) is 0. The minimum Gasteiger partial charge on any atom is -0.496 e. The largest absolute Gasteiger partial charge is 0.496 e. The van der Waals surface area contributed by atoms with Crippen molar-refractivity contribution in [2.45, 2.75) is 32.1 Å². The summed E-state index contributed by atoms with van der Waals surface area (Å²) in [5, 5.41) is 0. The Labute approximate surface area is 193 Å². The van der Waals surface area contributed by atoms with Gasteiger partial charge in [-0.05, 0) is 76.9 Å². The lowest BCUT2D eigenvalue weighted by Crippen LogP contribution is -2.19. The number of rotatable bonds is 4. The Morgan fingerprint density at radius 2 is 1.09 bits per heavy atom. The van der Waals surface area contributed by atoms with Crippen molar-refractivity contribution in [1.82, 2.24) is 0 Å². The first kappa shape index (κ1) is 22.6. The molecule has 0 saturated carbocycles. The highest BCUT2D eigenvalue weighted by molar-refractivity contribution is 6.09. The van der Waals surface area contributed by atoms with E-state index in [4.69, 9.17) is 18.9 Å². The molecule has 0 radical (unpaired) electrons. The third-order valence-corrected chi connectivity index (χ3v) is 6.45. The zero-order valence-corrected chi connectivity index (χ0v) is 19.4. The highest BCUT2D eigenvalue weighted by Gasteiger charge is 2.31. The number of esters is 2. The maximum absolute atomic E-state index is 12.6. The lowest BCUT2D eigenvalue weighted by atomic mass is 9.79. The van der Waals surface area contributed by atoms with Gasteiger partial charge in [-0.2, -0.15) is 0 Å². The molecule has 0 aromatic heterocycles. The number of carbonyl (C=O) groups excluding carboxylic acids is 2. The summed E-state index contributed by atoms with van der Waals surface area (Å²) in [5.74, 6) is 0.656. The highest BCUT2D eigenvalue weighted by Crippen LogP contribution is 2.44. The fourth-order valence-corrected chi connectivity index (χ4v) is 4.76. The van der Waals surface area contributed by atoms with Crippen LogP contribution in [0.1, 0.15) is 41.5 Å². The Morgan fingerprint density at radius 3 is 1.45 bits per heavy atom. The molecule has 0 spiro atoms. The Kier molecular flexibility index (Phi) is 6.54. The van der Waals surface area contributed by atoms with Gasteiger partial charge in [-0.15, -0.1) is 0 Å². The van der Waals surface area contributed by atoms with E-state index in [0.29, 0.717) is 11.1 Å². The zero-order valence-electron chi connectivity index (χ0n) is 19.4. The molecule has 6 nitrogen and oxygen atoms in total. The van der Waals surface area contributed by atoms with Crippen LogP contribution in [0.2, 0.25) is 0 Å². The summed E-state index contributed by atoms with van der Waals surface area (Å²) in [6.07, 6.45) is 3.18. The van der Waals surface area contributed by atoms with Crippen molar-refractivity contribution in [3.05, 3.63) is 69.8 Å². The molecule has 0 atom stereocenters. The minimum absolute atomic E-state index is 0.277. The second-order valence-corrected chi connectivity index (χ2v) is 8.16. The van der Waals surface area contributed by atoms with Crippen LogP contribution in [-0.2, 0) is 31.9 Å². The van der Waals surface area contributed by atoms with Gasteiger partial charge in [0.15, 0.2) is 0 Å². The third kappa shape index (κ3) is 4.25. The van der Waals surface area contributed by atoms with Crippen LogP contribution in [0.25, 0.3) is 11.1 Å². The molecule has 4 bridgehead atoms. The zero-order chi connectivity index (χ0) is 23.5. The number of ether oxygens (including phenoxy) is 4. The van der Waals surface area contributed by atoms with E-state index >= 15 is 0 Å². The summed E-state index contributed by atoms with van der Waals surface area (Å²) in [6, 6.07) is 12.2. The Morgan fingerprint density at radius 1 is 0.667 bits per heavy atom. The predicted octanol–water partition coefficient (Wildman–Crippen LogP) is 4.54. The SMILES string of the molecule is COC(=O)C1=C(C(=O)OC)CC2=C(C1)c1ccc(OC)c(c1)CCCc1cc2ccc1OC. The molecule has 0 saturated heterocycles. The molecule has 4 rings (SSSR count). The lowest BCUT2D eigenvalue weighted by molar-refractivity contribution is -0.139. The smallest absolute Gasteiger partial charge is 0.334 e. The van der Waals surface area contributed by atoms with Crippen LogP contribution in [0.4, 0.5) is 0 Å².